The van der Waals surface area contributed by atoms with Crippen LogP contribution in [0, 0.1) is 0 Å². The SMILES string of the molecule is CCCC[C@H](NCc1cc(Cl)c2c(c1)OCCCO2)C(=O)O. The van der Waals surface area contributed by atoms with E-state index in [1.165, 1.54) is 0 Å². The number of nitrogens with one attached hydrogen (secondary N) is 1. The van der Waals surface area contributed by atoms with E-state index >= 15 is 0 Å². The second kappa shape index (κ2) is 8.25. The van der Waals surface area contributed by atoms with Gasteiger partial charge in [-0.15, -0.1) is 0 Å². The third kappa shape index (κ3) is 4.52. The minimum Gasteiger partial charge on any atom is -0.489 e. The maximum absolute atomic E-state index is 11.2. The van der Waals surface area contributed by atoms with Crippen molar-refractivity contribution in [1.29, 1.82) is 0 Å². The molecule has 0 radical (unpaired) electrons. The lowest BCUT2D eigenvalue weighted by atomic mass is 10.1. The quantitative estimate of drug-likeness (QED) is 0.804. The van der Waals surface area contributed by atoms with Gasteiger partial charge in [-0.05, 0) is 24.1 Å². The van der Waals surface area contributed by atoms with E-state index < -0.39 is 12.0 Å². The van der Waals surface area contributed by atoms with Gasteiger partial charge in [0.1, 0.15) is 6.04 Å². The first kappa shape index (κ1) is 16.9. The van der Waals surface area contributed by atoms with Crippen molar-refractivity contribution in [1.82, 2.24) is 5.32 Å². The van der Waals surface area contributed by atoms with E-state index in [1.54, 1.807) is 6.07 Å². The molecule has 1 aliphatic heterocycles. The van der Waals surface area contributed by atoms with Crippen LogP contribution in [0.25, 0.3) is 0 Å². The van der Waals surface area contributed by atoms with Crippen molar-refractivity contribution in [3.8, 4) is 11.5 Å². The summed E-state index contributed by atoms with van der Waals surface area (Å²) in [7, 11) is 0. The minimum absolute atomic E-state index is 0.428. The first-order chi connectivity index (χ1) is 10.6. The van der Waals surface area contributed by atoms with Gasteiger partial charge < -0.3 is 19.9 Å². The zero-order valence-corrected chi connectivity index (χ0v) is 13.5. The molecule has 0 saturated carbocycles. The topological polar surface area (TPSA) is 67.8 Å². The van der Waals surface area contributed by atoms with E-state index in [9.17, 15) is 9.90 Å². The van der Waals surface area contributed by atoms with Crippen LogP contribution in [0.2, 0.25) is 5.02 Å². The molecular formula is C16H22ClNO4. The van der Waals surface area contributed by atoms with Crippen molar-refractivity contribution in [3.63, 3.8) is 0 Å². The summed E-state index contributed by atoms with van der Waals surface area (Å²) >= 11 is 6.23. The molecule has 1 aromatic carbocycles. The Kier molecular flexibility index (Phi) is 6.34. The molecule has 0 aromatic heterocycles. The Labute approximate surface area is 135 Å². The van der Waals surface area contributed by atoms with Gasteiger partial charge in [0, 0.05) is 13.0 Å². The first-order valence-corrected chi connectivity index (χ1v) is 8.03. The molecule has 5 nitrogen and oxygen atoms in total. The molecule has 1 aromatic rings. The Hall–Kier alpha value is -1.46. The predicted molar refractivity (Wildman–Crippen MR) is 84.8 cm³/mol. The number of carbonyl (C=O) groups is 1. The molecule has 2 N–H and O–H groups in total. The number of rotatable bonds is 7. The molecule has 22 heavy (non-hydrogen) atoms. The molecule has 0 spiro atoms. The Morgan fingerprint density at radius 1 is 1.41 bits per heavy atom. The van der Waals surface area contributed by atoms with Crippen molar-refractivity contribution in [3.05, 3.63) is 22.7 Å². The van der Waals surface area contributed by atoms with E-state index in [1.807, 2.05) is 13.0 Å². The molecule has 0 fully saturated rings. The van der Waals surface area contributed by atoms with Gasteiger partial charge >= 0.3 is 5.97 Å². The first-order valence-electron chi connectivity index (χ1n) is 7.66. The number of hydrogen-bond acceptors (Lipinski definition) is 4. The molecule has 1 atom stereocenters. The lowest BCUT2D eigenvalue weighted by molar-refractivity contribution is -0.139. The highest BCUT2D eigenvalue weighted by Crippen LogP contribution is 2.37. The van der Waals surface area contributed by atoms with E-state index in [-0.39, 0.29) is 0 Å². The fourth-order valence-corrected chi connectivity index (χ4v) is 2.64. The molecule has 0 aliphatic carbocycles. The van der Waals surface area contributed by atoms with Crippen molar-refractivity contribution < 1.29 is 19.4 Å². The number of carboxylic acid groups (broad SMARTS) is 1. The highest BCUT2D eigenvalue weighted by molar-refractivity contribution is 6.32. The van der Waals surface area contributed by atoms with Crippen molar-refractivity contribution >= 4 is 17.6 Å². The van der Waals surface area contributed by atoms with E-state index in [0.717, 1.165) is 24.8 Å². The van der Waals surface area contributed by atoms with E-state index in [0.29, 0.717) is 42.7 Å². The van der Waals surface area contributed by atoms with Gasteiger partial charge in [0.2, 0.25) is 0 Å². The zero-order valence-electron chi connectivity index (χ0n) is 12.7. The second-order valence-corrected chi connectivity index (χ2v) is 5.78. The fourth-order valence-electron chi connectivity index (χ4n) is 2.35. The summed E-state index contributed by atoms with van der Waals surface area (Å²) < 4.78 is 11.2. The Morgan fingerprint density at radius 2 is 2.18 bits per heavy atom. The Morgan fingerprint density at radius 3 is 2.91 bits per heavy atom. The number of carboxylic acids is 1. The fraction of sp³-hybridized carbons (Fsp3) is 0.562. The summed E-state index contributed by atoms with van der Waals surface area (Å²) in [5.41, 5.74) is 0.886. The van der Waals surface area contributed by atoms with Crippen LogP contribution in [-0.2, 0) is 11.3 Å². The largest absolute Gasteiger partial charge is 0.489 e. The number of hydrogen-bond donors (Lipinski definition) is 2. The highest BCUT2D eigenvalue weighted by atomic mass is 35.5. The summed E-state index contributed by atoms with van der Waals surface area (Å²) in [5.74, 6) is 0.375. The van der Waals surface area contributed by atoms with Crippen LogP contribution in [0.3, 0.4) is 0 Å². The predicted octanol–water partition coefficient (Wildman–Crippen LogP) is 3.23. The van der Waals surface area contributed by atoms with Gasteiger partial charge in [-0.2, -0.15) is 0 Å². The minimum atomic E-state index is -0.825. The third-order valence-corrected chi connectivity index (χ3v) is 3.84. The maximum atomic E-state index is 11.2. The third-order valence-electron chi connectivity index (χ3n) is 3.56. The summed E-state index contributed by atoms with van der Waals surface area (Å²) in [6.45, 7) is 3.65. The maximum Gasteiger partial charge on any atom is 0.320 e. The van der Waals surface area contributed by atoms with Gasteiger partial charge in [-0.1, -0.05) is 31.4 Å². The van der Waals surface area contributed by atoms with E-state index in [4.69, 9.17) is 21.1 Å². The summed E-state index contributed by atoms with van der Waals surface area (Å²) in [4.78, 5) is 11.2. The Bertz CT molecular complexity index is 521. The lowest BCUT2D eigenvalue weighted by Gasteiger charge is -2.16. The summed E-state index contributed by atoms with van der Waals surface area (Å²) in [6.07, 6.45) is 3.29. The van der Waals surface area contributed by atoms with Crippen LogP contribution in [-0.4, -0.2) is 30.3 Å². The number of benzene rings is 1. The van der Waals surface area contributed by atoms with Crippen molar-refractivity contribution in [2.75, 3.05) is 13.2 Å². The van der Waals surface area contributed by atoms with Crippen molar-refractivity contribution in [2.24, 2.45) is 0 Å². The average molecular weight is 328 g/mol. The molecule has 6 heteroatoms. The van der Waals surface area contributed by atoms with Gasteiger partial charge in [-0.25, -0.2) is 0 Å². The van der Waals surface area contributed by atoms with Gasteiger partial charge in [0.15, 0.2) is 11.5 Å². The van der Waals surface area contributed by atoms with Gasteiger partial charge in [0.25, 0.3) is 0 Å². The van der Waals surface area contributed by atoms with E-state index in [2.05, 4.69) is 5.32 Å². The van der Waals surface area contributed by atoms with Gasteiger partial charge in [-0.3, -0.25) is 4.79 Å². The number of ether oxygens (including phenoxy) is 2. The van der Waals surface area contributed by atoms with Crippen LogP contribution in [0.4, 0.5) is 0 Å². The van der Waals surface area contributed by atoms with Crippen LogP contribution in [0.5, 0.6) is 11.5 Å². The summed E-state index contributed by atoms with van der Waals surface area (Å²) in [5, 5.41) is 12.8. The number of aliphatic carboxylic acids is 1. The smallest absolute Gasteiger partial charge is 0.320 e. The van der Waals surface area contributed by atoms with Crippen LogP contribution in [0.1, 0.15) is 38.2 Å². The molecule has 0 amide bonds. The molecule has 2 rings (SSSR count). The lowest BCUT2D eigenvalue weighted by Crippen LogP contribution is -2.36. The number of unbranched alkanes of at least 4 members (excludes halogenated alkanes) is 1. The number of halogens is 1. The molecule has 1 aliphatic rings. The van der Waals surface area contributed by atoms with Gasteiger partial charge in [0.05, 0.1) is 18.2 Å². The second-order valence-electron chi connectivity index (χ2n) is 5.37. The molecular weight excluding hydrogens is 306 g/mol. The molecule has 0 unspecified atom stereocenters. The van der Waals surface area contributed by atoms with Crippen LogP contribution >= 0.6 is 11.6 Å². The average Bonchev–Trinajstić information content (AvgIpc) is 2.72. The zero-order chi connectivity index (χ0) is 15.9. The van der Waals surface area contributed by atoms with Crippen LogP contribution < -0.4 is 14.8 Å². The molecule has 0 bridgehead atoms. The number of fused-ring (bicyclic) bond motifs is 1. The van der Waals surface area contributed by atoms with Crippen molar-refractivity contribution in [2.45, 2.75) is 45.2 Å². The van der Waals surface area contributed by atoms with Crippen LogP contribution in [0.15, 0.2) is 12.1 Å². The molecule has 122 valence electrons. The Balaban J connectivity index is 2.04. The standard InChI is InChI=1S/C16H22ClNO4/c1-2-3-5-13(16(19)20)18-10-11-8-12(17)15-14(9-11)21-6-4-7-22-15/h8-9,13,18H,2-7,10H2,1H3,(H,19,20)/t13-/m0/s1. The highest BCUT2D eigenvalue weighted by Gasteiger charge is 2.18. The molecule has 1 heterocycles. The monoisotopic (exact) mass is 327 g/mol. The normalized spacial score (nSPS) is 15.2. The molecule has 0 saturated heterocycles. The summed E-state index contributed by atoms with van der Waals surface area (Å²) in [6, 6.07) is 3.11.